The minimum atomic E-state index is -0.257. The summed E-state index contributed by atoms with van der Waals surface area (Å²) in [5, 5.41) is 3.62. The molecule has 1 aliphatic rings. The average Bonchev–Trinajstić information content (AvgIpc) is 3.23. The lowest BCUT2D eigenvalue weighted by Crippen LogP contribution is -2.35. The summed E-state index contributed by atoms with van der Waals surface area (Å²) in [6.45, 7) is 5.40. The molecule has 1 fully saturated rings. The summed E-state index contributed by atoms with van der Waals surface area (Å²) in [7, 11) is 1.74. The monoisotopic (exact) mass is 399 g/mol. The molecule has 1 saturated heterocycles. The molecule has 28 heavy (non-hydrogen) atoms. The Morgan fingerprint density at radius 3 is 2.39 bits per heavy atom. The molecule has 2 aromatic carbocycles. The molecule has 6 heteroatoms. The smallest absolute Gasteiger partial charge is 0.322 e. The standard InChI is InChI=1S/C22H26ClN3O2/c1-15-7-6-8-19(21(27)26-13-4-5-14-26)20(15)24-22(28)25(3)16(2)17-9-11-18(23)12-10-17/h6-12,16H,4-5,13-14H2,1-3H3,(H,24,28)/t16-/m0/s1. The normalized spacial score (nSPS) is 14.6. The SMILES string of the molecule is Cc1cccc(C(=O)N2CCCC2)c1NC(=O)N(C)[C@@H](C)c1ccc(Cl)cc1. The van der Waals surface area contributed by atoms with E-state index in [4.69, 9.17) is 11.6 Å². The number of halogens is 1. The van der Waals surface area contributed by atoms with Crippen LogP contribution >= 0.6 is 11.6 Å². The maximum absolute atomic E-state index is 12.9. The van der Waals surface area contributed by atoms with Gasteiger partial charge in [0.2, 0.25) is 0 Å². The summed E-state index contributed by atoms with van der Waals surface area (Å²) < 4.78 is 0. The number of amides is 3. The molecule has 0 radical (unpaired) electrons. The van der Waals surface area contributed by atoms with Gasteiger partial charge in [-0.2, -0.15) is 0 Å². The van der Waals surface area contributed by atoms with E-state index in [1.54, 1.807) is 18.0 Å². The third-order valence-corrected chi connectivity index (χ3v) is 5.63. The lowest BCUT2D eigenvalue weighted by molar-refractivity contribution is 0.0793. The van der Waals surface area contributed by atoms with Crippen molar-refractivity contribution in [1.82, 2.24) is 9.80 Å². The molecule has 0 aliphatic carbocycles. The van der Waals surface area contributed by atoms with Crippen LogP contribution in [0.5, 0.6) is 0 Å². The van der Waals surface area contributed by atoms with Crippen LogP contribution in [0.4, 0.5) is 10.5 Å². The molecule has 1 atom stereocenters. The van der Waals surface area contributed by atoms with E-state index in [0.717, 1.165) is 37.1 Å². The molecule has 0 unspecified atom stereocenters. The number of carbonyl (C=O) groups is 2. The fourth-order valence-electron chi connectivity index (χ4n) is 3.44. The van der Waals surface area contributed by atoms with Crippen molar-refractivity contribution in [2.75, 3.05) is 25.5 Å². The molecular formula is C22H26ClN3O2. The Bertz CT molecular complexity index is 861. The Kier molecular flexibility index (Phi) is 6.25. The summed E-state index contributed by atoms with van der Waals surface area (Å²) in [6, 6.07) is 12.6. The Hall–Kier alpha value is -2.53. The van der Waals surface area contributed by atoms with Crippen molar-refractivity contribution in [2.24, 2.45) is 0 Å². The van der Waals surface area contributed by atoms with Crippen molar-refractivity contribution in [3.63, 3.8) is 0 Å². The topological polar surface area (TPSA) is 52.7 Å². The number of rotatable bonds is 4. The van der Waals surface area contributed by atoms with Gasteiger partial charge in [-0.1, -0.05) is 35.9 Å². The number of aryl methyl sites for hydroxylation is 1. The van der Waals surface area contributed by atoms with E-state index >= 15 is 0 Å². The van der Waals surface area contributed by atoms with Crippen molar-refractivity contribution in [2.45, 2.75) is 32.7 Å². The number of nitrogens with one attached hydrogen (secondary N) is 1. The molecule has 3 rings (SSSR count). The Morgan fingerprint density at radius 1 is 1.11 bits per heavy atom. The van der Waals surface area contributed by atoms with E-state index in [1.165, 1.54) is 0 Å². The molecule has 1 N–H and O–H groups in total. The van der Waals surface area contributed by atoms with Crippen molar-refractivity contribution in [3.8, 4) is 0 Å². The first-order valence-electron chi connectivity index (χ1n) is 9.56. The average molecular weight is 400 g/mol. The van der Waals surface area contributed by atoms with Gasteiger partial charge in [0.15, 0.2) is 0 Å². The minimum absolute atomic E-state index is 0.0232. The second kappa shape index (κ2) is 8.65. The molecular weight excluding hydrogens is 374 g/mol. The van der Waals surface area contributed by atoms with E-state index in [2.05, 4.69) is 5.32 Å². The fraction of sp³-hybridized carbons (Fsp3) is 0.364. The van der Waals surface area contributed by atoms with Gasteiger partial charge in [-0.15, -0.1) is 0 Å². The van der Waals surface area contributed by atoms with Gasteiger partial charge in [-0.25, -0.2) is 4.79 Å². The maximum Gasteiger partial charge on any atom is 0.322 e. The van der Waals surface area contributed by atoms with Gasteiger partial charge in [0.1, 0.15) is 0 Å². The highest BCUT2D eigenvalue weighted by molar-refractivity contribution is 6.30. The predicted molar refractivity (Wildman–Crippen MR) is 113 cm³/mol. The number of hydrogen-bond acceptors (Lipinski definition) is 2. The zero-order valence-corrected chi connectivity index (χ0v) is 17.3. The number of nitrogens with zero attached hydrogens (tertiary/aromatic N) is 2. The fourth-order valence-corrected chi connectivity index (χ4v) is 3.56. The summed E-state index contributed by atoms with van der Waals surface area (Å²) in [6.07, 6.45) is 2.06. The number of para-hydroxylation sites is 1. The molecule has 5 nitrogen and oxygen atoms in total. The summed E-state index contributed by atoms with van der Waals surface area (Å²) in [5.74, 6) is -0.0232. The molecule has 0 aromatic heterocycles. The molecule has 148 valence electrons. The molecule has 0 saturated carbocycles. The van der Waals surface area contributed by atoms with Gasteiger partial charge in [0, 0.05) is 25.2 Å². The van der Waals surface area contributed by atoms with Crippen LogP contribution in [0.25, 0.3) is 0 Å². The molecule has 1 aliphatic heterocycles. The zero-order valence-electron chi connectivity index (χ0n) is 16.5. The van der Waals surface area contributed by atoms with Gasteiger partial charge < -0.3 is 15.1 Å². The van der Waals surface area contributed by atoms with Crippen LogP contribution in [0.1, 0.15) is 47.3 Å². The first kappa shape index (κ1) is 20.2. The van der Waals surface area contributed by atoms with Crippen LogP contribution in [-0.2, 0) is 0 Å². The molecule has 3 amide bonds. The van der Waals surface area contributed by atoms with Crippen molar-refractivity contribution in [1.29, 1.82) is 0 Å². The number of likely N-dealkylation sites (tertiary alicyclic amines) is 1. The molecule has 2 aromatic rings. The number of carbonyl (C=O) groups excluding carboxylic acids is 2. The van der Waals surface area contributed by atoms with E-state index in [1.807, 2.05) is 55.1 Å². The van der Waals surface area contributed by atoms with E-state index in [9.17, 15) is 9.59 Å². The lowest BCUT2D eigenvalue weighted by atomic mass is 10.1. The number of benzene rings is 2. The van der Waals surface area contributed by atoms with Gasteiger partial charge in [0.25, 0.3) is 5.91 Å². The Balaban J connectivity index is 1.79. The number of anilines is 1. The van der Waals surface area contributed by atoms with Gasteiger partial charge >= 0.3 is 6.03 Å². The number of hydrogen-bond donors (Lipinski definition) is 1. The first-order valence-corrected chi connectivity index (χ1v) is 9.94. The van der Waals surface area contributed by atoms with Crippen molar-refractivity contribution < 1.29 is 9.59 Å². The Morgan fingerprint density at radius 2 is 1.75 bits per heavy atom. The van der Waals surface area contributed by atoms with Gasteiger partial charge in [-0.3, -0.25) is 4.79 Å². The maximum atomic E-state index is 12.9. The van der Waals surface area contributed by atoms with Gasteiger partial charge in [0.05, 0.1) is 17.3 Å². The Labute approximate surface area is 171 Å². The van der Waals surface area contributed by atoms with Crippen LogP contribution in [0.15, 0.2) is 42.5 Å². The number of urea groups is 1. The molecule has 1 heterocycles. The lowest BCUT2D eigenvalue weighted by Gasteiger charge is -2.27. The second-order valence-electron chi connectivity index (χ2n) is 7.27. The van der Waals surface area contributed by atoms with Crippen LogP contribution in [0.2, 0.25) is 5.02 Å². The summed E-state index contributed by atoms with van der Waals surface area (Å²) in [4.78, 5) is 29.3. The van der Waals surface area contributed by atoms with Gasteiger partial charge in [-0.05, 0) is 56.0 Å². The second-order valence-corrected chi connectivity index (χ2v) is 7.70. The summed E-state index contributed by atoms with van der Waals surface area (Å²) in [5.41, 5.74) is 2.98. The van der Waals surface area contributed by atoms with E-state index < -0.39 is 0 Å². The van der Waals surface area contributed by atoms with E-state index in [-0.39, 0.29) is 18.0 Å². The minimum Gasteiger partial charge on any atom is -0.339 e. The van der Waals surface area contributed by atoms with Crippen LogP contribution in [0, 0.1) is 6.92 Å². The van der Waals surface area contributed by atoms with Crippen LogP contribution < -0.4 is 5.32 Å². The third-order valence-electron chi connectivity index (χ3n) is 5.38. The van der Waals surface area contributed by atoms with Crippen molar-refractivity contribution in [3.05, 3.63) is 64.2 Å². The van der Waals surface area contributed by atoms with E-state index in [0.29, 0.717) is 16.3 Å². The zero-order chi connectivity index (χ0) is 20.3. The molecule has 0 spiro atoms. The first-order chi connectivity index (χ1) is 13.4. The highest BCUT2D eigenvalue weighted by atomic mass is 35.5. The highest BCUT2D eigenvalue weighted by Crippen LogP contribution is 2.26. The van der Waals surface area contributed by atoms with Crippen LogP contribution in [0.3, 0.4) is 0 Å². The quantitative estimate of drug-likeness (QED) is 0.776. The van der Waals surface area contributed by atoms with Crippen molar-refractivity contribution >= 4 is 29.2 Å². The van der Waals surface area contributed by atoms with Crippen LogP contribution in [-0.4, -0.2) is 41.9 Å². The largest absolute Gasteiger partial charge is 0.339 e. The molecule has 0 bridgehead atoms. The predicted octanol–water partition coefficient (Wildman–Crippen LogP) is 5.11. The summed E-state index contributed by atoms with van der Waals surface area (Å²) >= 11 is 5.96. The third kappa shape index (κ3) is 4.30. The highest BCUT2D eigenvalue weighted by Gasteiger charge is 2.25.